The second kappa shape index (κ2) is 5.97. The summed E-state index contributed by atoms with van der Waals surface area (Å²) >= 11 is 3.18. The van der Waals surface area contributed by atoms with Gasteiger partial charge in [0.05, 0.1) is 11.6 Å². The molecule has 0 saturated heterocycles. The van der Waals surface area contributed by atoms with Crippen molar-refractivity contribution in [3.63, 3.8) is 0 Å². The molecule has 0 aliphatic carbocycles. The molecular weight excluding hydrogens is 309 g/mol. The molecule has 0 fully saturated rings. The van der Waals surface area contributed by atoms with Crippen molar-refractivity contribution in [3.8, 4) is 0 Å². The minimum Gasteiger partial charge on any atom is -0.323 e. The molecule has 2 rings (SSSR count). The molecule has 2 aromatic rings. The number of amides is 1. The minimum absolute atomic E-state index is 0.191. The summed E-state index contributed by atoms with van der Waals surface area (Å²) in [5.41, 5.74) is 1.09. The summed E-state index contributed by atoms with van der Waals surface area (Å²) in [5, 5.41) is 2.60. The Morgan fingerprint density at radius 3 is 2.53 bits per heavy atom. The SMILES string of the molecule is CC(C(=O)Nc1ccc(Br)cc1F)c1ccccc1. The van der Waals surface area contributed by atoms with Gasteiger partial charge in [0.1, 0.15) is 5.82 Å². The monoisotopic (exact) mass is 321 g/mol. The number of hydrogen-bond donors (Lipinski definition) is 1. The van der Waals surface area contributed by atoms with E-state index in [1.165, 1.54) is 12.1 Å². The van der Waals surface area contributed by atoms with Gasteiger partial charge < -0.3 is 5.32 Å². The van der Waals surface area contributed by atoms with Gasteiger partial charge in [0, 0.05) is 4.47 Å². The lowest BCUT2D eigenvalue weighted by atomic mass is 10.0. The van der Waals surface area contributed by atoms with E-state index in [1.807, 2.05) is 30.3 Å². The standard InChI is InChI=1S/C15H13BrFNO/c1-10(11-5-3-2-4-6-11)15(19)18-14-8-7-12(16)9-13(14)17/h2-10H,1H3,(H,18,19). The summed E-state index contributed by atoms with van der Waals surface area (Å²) in [4.78, 5) is 12.1. The van der Waals surface area contributed by atoms with E-state index in [-0.39, 0.29) is 17.5 Å². The molecule has 4 heteroatoms. The average molecular weight is 322 g/mol. The number of nitrogens with one attached hydrogen (secondary N) is 1. The zero-order chi connectivity index (χ0) is 13.8. The normalized spacial score (nSPS) is 11.9. The van der Waals surface area contributed by atoms with Gasteiger partial charge in [0.2, 0.25) is 5.91 Å². The predicted octanol–water partition coefficient (Wildman–Crippen LogP) is 4.33. The zero-order valence-corrected chi connectivity index (χ0v) is 11.9. The number of halogens is 2. The Balaban J connectivity index is 2.13. The van der Waals surface area contributed by atoms with Gasteiger partial charge in [-0.2, -0.15) is 0 Å². The Kier molecular flexibility index (Phi) is 4.32. The Bertz CT molecular complexity index is 586. The molecule has 19 heavy (non-hydrogen) atoms. The highest BCUT2D eigenvalue weighted by atomic mass is 79.9. The number of rotatable bonds is 3. The first-order valence-corrected chi connectivity index (χ1v) is 6.68. The molecule has 0 bridgehead atoms. The average Bonchev–Trinajstić information content (AvgIpc) is 2.42. The summed E-state index contributed by atoms with van der Waals surface area (Å²) < 4.78 is 14.3. The van der Waals surface area contributed by atoms with Crippen LogP contribution in [0.2, 0.25) is 0 Å². The highest BCUT2D eigenvalue weighted by Crippen LogP contribution is 2.22. The molecule has 1 amide bonds. The van der Waals surface area contributed by atoms with E-state index in [0.717, 1.165) is 5.56 Å². The molecule has 0 aromatic heterocycles. The van der Waals surface area contributed by atoms with Gasteiger partial charge in [0.15, 0.2) is 0 Å². The fraction of sp³-hybridized carbons (Fsp3) is 0.133. The van der Waals surface area contributed by atoms with Crippen LogP contribution in [0.15, 0.2) is 53.0 Å². The Labute approximate surface area is 119 Å². The summed E-state index contributed by atoms with van der Waals surface area (Å²) in [6, 6.07) is 13.9. The first kappa shape index (κ1) is 13.7. The molecule has 1 atom stereocenters. The van der Waals surface area contributed by atoms with Crippen molar-refractivity contribution in [1.29, 1.82) is 0 Å². The van der Waals surface area contributed by atoms with Crippen LogP contribution in [-0.2, 0) is 4.79 Å². The van der Waals surface area contributed by atoms with Gasteiger partial charge in [-0.05, 0) is 30.7 Å². The van der Waals surface area contributed by atoms with Gasteiger partial charge >= 0.3 is 0 Å². The fourth-order valence-electron chi connectivity index (χ4n) is 1.72. The van der Waals surface area contributed by atoms with E-state index in [1.54, 1.807) is 13.0 Å². The topological polar surface area (TPSA) is 29.1 Å². The van der Waals surface area contributed by atoms with Crippen LogP contribution in [0.1, 0.15) is 18.4 Å². The van der Waals surface area contributed by atoms with Crippen molar-refractivity contribution < 1.29 is 9.18 Å². The van der Waals surface area contributed by atoms with Gasteiger partial charge in [-0.3, -0.25) is 4.79 Å². The van der Waals surface area contributed by atoms with Gasteiger partial charge in [-0.15, -0.1) is 0 Å². The van der Waals surface area contributed by atoms with Gasteiger partial charge in [0.25, 0.3) is 0 Å². The fourth-order valence-corrected chi connectivity index (χ4v) is 2.06. The van der Waals surface area contributed by atoms with Crippen LogP contribution in [0.25, 0.3) is 0 Å². The number of carbonyl (C=O) groups is 1. The van der Waals surface area contributed by atoms with E-state index >= 15 is 0 Å². The molecule has 2 nitrogen and oxygen atoms in total. The lowest BCUT2D eigenvalue weighted by Crippen LogP contribution is -2.19. The second-order valence-electron chi connectivity index (χ2n) is 4.25. The molecule has 2 aromatic carbocycles. The molecule has 0 spiro atoms. The maximum atomic E-state index is 13.6. The zero-order valence-electron chi connectivity index (χ0n) is 10.4. The van der Waals surface area contributed by atoms with Crippen molar-refractivity contribution in [2.24, 2.45) is 0 Å². The lowest BCUT2D eigenvalue weighted by Gasteiger charge is -2.13. The number of benzene rings is 2. The summed E-state index contributed by atoms with van der Waals surface area (Å²) in [6.45, 7) is 1.79. The van der Waals surface area contributed by atoms with Gasteiger partial charge in [-0.1, -0.05) is 46.3 Å². The molecular formula is C15H13BrFNO. The van der Waals surface area contributed by atoms with Crippen LogP contribution in [0.4, 0.5) is 10.1 Å². The molecule has 98 valence electrons. The minimum atomic E-state index is -0.456. The second-order valence-corrected chi connectivity index (χ2v) is 5.16. The van der Waals surface area contributed by atoms with E-state index in [9.17, 15) is 9.18 Å². The molecule has 0 aliphatic heterocycles. The van der Waals surface area contributed by atoms with E-state index in [4.69, 9.17) is 0 Å². The van der Waals surface area contributed by atoms with Crippen LogP contribution in [0.3, 0.4) is 0 Å². The molecule has 0 aliphatic rings. The quantitative estimate of drug-likeness (QED) is 0.895. The van der Waals surface area contributed by atoms with Crippen LogP contribution in [-0.4, -0.2) is 5.91 Å². The van der Waals surface area contributed by atoms with Gasteiger partial charge in [-0.25, -0.2) is 4.39 Å². The number of carbonyl (C=O) groups excluding carboxylic acids is 1. The molecule has 1 N–H and O–H groups in total. The number of anilines is 1. The highest BCUT2D eigenvalue weighted by Gasteiger charge is 2.16. The summed E-state index contributed by atoms with van der Waals surface area (Å²) in [7, 11) is 0. The largest absolute Gasteiger partial charge is 0.323 e. The van der Waals surface area contributed by atoms with Crippen LogP contribution in [0, 0.1) is 5.82 Å². The van der Waals surface area contributed by atoms with Crippen molar-refractivity contribution >= 4 is 27.5 Å². The first-order chi connectivity index (χ1) is 9.08. The van der Waals surface area contributed by atoms with Crippen molar-refractivity contribution in [1.82, 2.24) is 0 Å². The summed E-state index contributed by atoms with van der Waals surface area (Å²) in [6.07, 6.45) is 0. The van der Waals surface area contributed by atoms with Crippen LogP contribution in [0.5, 0.6) is 0 Å². The smallest absolute Gasteiger partial charge is 0.231 e. The molecule has 1 unspecified atom stereocenters. The highest BCUT2D eigenvalue weighted by molar-refractivity contribution is 9.10. The lowest BCUT2D eigenvalue weighted by molar-refractivity contribution is -0.117. The molecule has 0 heterocycles. The molecule has 0 radical (unpaired) electrons. The Morgan fingerprint density at radius 1 is 1.21 bits per heavy atom. The Morgan fingerprint density at radius 2 is 1.89 bits per heavy atom. The third kappa shape index (κ3) is 3.41. The van der Waals surface area contributed by atoms with Crippen LogP contribution < -0.4 is 5.32 Å². The molecule has 0 saturated carbocycles. The predicted molar refractivity (Wildman–Crippen MR) is 77.6 cm³/mol. The van der Waals surface area contributed by atoms with E-state index < -0.39 is 5.82 Å². The van der Waals surface area contributed by atoms with Crippen LogP contribution >= 0.6 is 15.9 Å². The van der Waals surface area contributed by atoms with Crippen molar-refractivity contribution in [3.05, 3.63) is 64.4 Å². The summed E-state index contributed by atoms with van der Waals surface area (Å²) in [5.74, 6) is -1.01. The van der Waals surface area contributed by atoms with E-state index in [0.29, 0.717) is 4.47 Å². The van der Waals surface area contributed by atoms with Crippen molar-refractivity contribution in [2.75, 3.05) is 5.32 Å². The third-order valence-corrected chi connectivity index (χ3v) is 3.38. The van der Waals surface area contributed by atoms with Crippen molar-refractivity contribution in [2.45, 2.75) is 12.8 Å². The first-order valence-electron chi connectivity index (χ1n) is 5.89. The maximum Gasteiger partial charge on any atom is 0.231 e. The Hall–Kier alpha value is -1.68. The van der Waals surface area contributed by atoms with E-state index in [2.05, 4.69) is 21.2 Å². The number of hydrogen-bond acceptors (Lipinski definition) is 1. The third-order valence-electron chi connectivity index (χ3n) is 2.88. The maximum absolute atomic E-state index is 13.6.